The number of thiophene rings is 2. The van der Waals surface area contributed by atoms with Crippen LogP contribution in [0.4, 0.5) is 0 Å². The molecule has 0 atom stereocenters. The van der Waals surface area contributed by atoms with Crippen molar-refractivity contribution in [2.24, 2.45) is 0 Å². The van der Waals surface area contributed by atoms with E-state index in [9.17, 15) is 0 Å². The summed E-state index contributed by atoms with van der Waals surface area (Å²) in [7, 11) is -1.63. The molecule has 0 aromatic carbocycles. The van der Waals surface area contributed by atoms with Gasteiger partial charge in [0.2, 0.25) is 0 Å². The van der Waals surface area contributed by atoms with Gasteiger partial charge in [0, 0.05) is 22.8 Å². The molecule has 0 amide bonds. The molecule has 2 aromatic heterocycles. The molecule has 0 radical (unpaired) electrons. The molecule has 0 saturated carbocycles. The highest BCUT2D eigenvalue weighted by Crippen LogP contribution is 2.36. The van der Waals surface area contributed by atoms with E-state index in [1.54, 1.807) is 22.7 Å². The first-order valence-electron chi connectivity index (χ1n) is 7.56. The molecule has 4 heteroatoms. The van der Waals surface area contributed by atoms with Crippen molar-refractivity contribution in [3.8, 4) is 21.6 Å². The van der Waals surface area contributed by atoms with Gasteiger partial charge in [0.15, 0.2) is 8.32 Å². The van der Waals surface area contributed by atoms with Crippen molar-refractivity contribution in [2.45, 2.75) is 45.3 Å². The summed E-state index contributed by atoms with van der Waals surface area (Å²) in [6, 6.07) is 8.51. The largest absolute Gasteiger partial charge is 0.416 e. The van der Waals surface area contributed by atoms with Crippen molar-refractivity contribution in [2.75, 3.05) is 6.61 Å². The molecule has 0 N–H and O–H groups in total. The van der Waals surface area contributed by atoms with E-state index in [4.69, 9.17) is 4.43 Å². The molecule has 22 heavy (non-hydrogen) atoms. The highest BCUT2D eigenvalue weighted by molar-refractivity contribution is 7.21. The first-order valence-corrected chi connectivity index (χ1v) is 12.2. The summed E-state index contributed by atoms with van der Waals surface area (Å²) in [6.45, 7) is 12.1. The molecule has 0 aliphatic heterocycles. The van der Waals surface area contributed by atoms with E-state index in [1.807, 2.05) is 0 Å². The third-order valence-electron chi connectivity index (χ3n) is 4.08. The maximum Gasteiger partial charge on any atom is 0.192 e. The Morgan fingerprint density at radius 3 is 2.55 bits per heavy atom. The van der Waals surface area contributed by atoms with Crippen LogP contribution in [0.15, 0.2) is 29.6 Å². The lowest BCUT2D eigenvalue weighted by molar-refractivity contribution is 0.296. The lowest BCUT2D eigenvalue weighted by Crippen LogP contribution is -2.40. The molecule has 2 heterocycles. The van der Waals surface area contributed by atoms with E-state index < -0.39 is 8.32 Å². The van der Waals surface area contributed by atoms with Crippen LogP contribution >= 0.6 is 22.7 Å². The quantitative estimate of drug-likeness (QED) is 0.361. The highest BCUT2D eigenvalue weighted by atomic mass is 32.1. The van der Waals surface area contributed by atoms with Crippen LogP contribution in [-0.4, -0.2) is 14.9 Å². The Balaban J connectivity index is 1.85. The molecular formula is C18H24OS2Si. The van der Waals surface area contributed by atoms with Gasteiger partial charge < -0.3 is 4.43 Å². The van der Waals surface area contributed by atoms with Gasteiger partial charge in [0.05, 0.1) is 4.88 Å². The summed E-state index contributed by atoms with van der Waals surface area (Å²) in [5.41, 5.74) is 0. The van der Waals surface area contributed by atoms with Crippen LogP contribution in [-0.2, 0) is 4.43 Å². The molecule has 118 valence electrons. The molecule has 2 aromatic rings. The van der Waals surface area contributed by atoms with Gasteiger partial charge >= 0.3 is 0 Å². The summed E-state index contributed by atoms with van der Waals surface area (Å²) in [4.78, 5) is 3.76. The van der Waals surface area contributed by atoms with Gasteiger partial charge in [-0.25, -0.2) is 0 Å². The topological polar surface area (TPSA) is 9.23 Å². The third kappa shape index (κ3) is 4.56. The third-order valence-corrected chi connectivity index (χ3v) is 10.7. The Labute approximate surface area is 143 Å². The normalized spacial score (nSPS) is 12.0. The smallest absolute Gasteiger partial charge is 0.192 e. The number of hydrogen-bond acceptors (Lipinski definition) is 3. The lowest BCUT2D eigenvalue weighted by atomic mass is 10.2. The van der Waals surface area contributed by atoms with Crippen molar-refractivity contribution < 1.29 is 4.43 Å². The second-order valence-corrected chi connectivity index (χ2v) is 13.6. The Morgan fingerprint density at radius 1 is 1.14 bits per heavy atom. The van der Waals surface area contributed by atoms with Crippen LogP contribution in [0.5, 0.6) is 0 Å². The first-order chi connectivity index (χ1) is 10.3. The van der Waals surface area contributed by atoms with Crippen molar-refractivity contribution in [1.29, 1.82) is 0 Å². The Hall–Kier alpha value is -0.863. The van der Waals surface area contributed by atoms with Crippen molar-refractivity contribution in [3.05, 3.63) is 34.5 Å². The van der Waals surface area contributed by atoms with E-state index >= 15 is 0 Å². The van der Waals surface area contributed by atoms with Gasteiger partial charge in [0.1, 0.15) is 0 Å². The van der Waals surface area contributed by atoms with Crippen LogP contribution in [0.25, 0.3) is 9.75 Å². The van der Waals surface area contributed by atoms with Crippen molar-refractivity contribution in [3.63, 3.8) is 0 Å². The lowest BCUT2D eigenvalue weighted by Gasteiger charge is -2.35. The molecule has 0 aliphatic carbocycles. The van der Waals surface area contributed by atoms with Crippen molar-refractivity contribution in [1.82, 2.24) is 0 Å². The Morgan fingerprint density at radius 2 is 1.91 bits per heavy atom. The molecule has 0 bridgehead atoms. The minimum Gasteiger partial charge on any atom is -0.416 e. The summed E-state index contributed by atoms with van der Waals surface area (Å²) in [5, 5.41) is 2.38. The second kappa shape index (κ2) is 7.14. The van der Waals surface area contributed by atoms with E-state index in [-0.39, 0.29) is 5.04 Å². The molecule has 2 rings (SSSR count). The molecular weight excluding hydrogens is 324 g/mol. The fraction of sp³-hybridized carbons (Fsp3) is 0.444. The maximum absolute atomic E-state index is 6.14. The Kier molecular flexibility index (Phi) is 5.68. The second-order valence-electron chi connectivity index (χ2n) is 6.80. The van der Waals surface area contributed by atoms with Gasteiger partial charge in [-0.3, -0.25) is 0 Å². The molecule has 0 saturated heterocycles. The van der Waals surface area contributed by atoms with Crippen LogP contribution in [0.2, 0.25) is 18.1 Å². The molecule has 0 unspecified atom stereocenters. The zero-order chi connectivity index (χ0) is 16.2. The summed E-state index contributed by atoms with van der Waals surface area (Å²) >= 11 is 3.54. The van der Waals surface area contributed by atoms with Gasteiger partial charge in [0.25, 0.3) is 0 Å². The zero-order valence-electron chi connectivity index (χ0n) is 14.0. The van der Waals surface area contributed by atoms with E-state index in [1.165, 1.54) is 9.75 Å². The minimum absolute atomic E-state index is 0.268. The Bertz CT molecular complexity index is 651. The number of rotatable bonds is 4. The van der Waals surface area contributed by atoms with Crippen LogP contribution in [0.1, 0.15) is 32.1 Å². The predicted octanol–water partition coefficient (Wildman–Crippen LogP) is 6.24. The van der Waals surface area contributed by atoms with Gasteiger partial charge in [-0.05, 0) is 41.7 Å². The average Bonchev–Trinajstić information content (AvgIpc) is 3.07. The zero-order valence-corrected chi connectivity index (χ0v) is 16.7. The fourth-order valence-corrected chi connectivity index (χ4v) is 4.44. The standard InChI is InChI=1S/C18H24OS2Si/c1-18(2,3)22(4,5)19-13-7-6-9-15-11-12-17(21-15)16-10-8-14-20-16/h8,10-12,14H,7,13H2,1-5H3. The summed E-state index contributed by atoms with van der Waals surface area (Å²) in [6.07, 6.45) is 0.804. The van der Waals surface area contributed by atoms with Gasteiger partial charge in [-0.1, -0.05) is 38.7 Å². The predicted molar refractivity (Wildman–Crippen MR) is 102 cm³/mol. The van der Waals surface area contributed by atoms with Crippen LogP contribution < -0.4 is 0 Å². The van der Waals surface area contributed by atoms with Crippen molar-refractivity contribution >= 4 is 31.0 Å². The summed E-state index contributed by atoms with van der Waals surface area (Å²) < 4.78 is 6.14. The summed E-state index contributed by atoms with van der Waals surface area (Å²) in [5.74, 6) is 6.51. The SMILES string of the molecule is CC(C)(C)[Si](C)(C)OCCC#Cc1ccc(-c2cccs2)s1. The fourth-order valence-electron chi connectivity index (χ4n) is 1.68. The molecule has 0 aliphatic rings. The number of hydrogen-bond donors (Lipinski definition) is 0. The maximum atomic E-state index is 6.14. The van der Waals surface area contributed by atoms with E-state index in [2.05, 4.69) is 75.4 Å². The first kappa shape index (κ1) is 17.5. The van der Waals surface area contributed by atoms with E-state index in [0.717, 1.165) is 17.9 Å². The minimum atomic E-state index is -1.63. The van der Waals surface area contributed by atoms with E-state index in [0.29, 0.717) is 0 Å². The van der Waals surface area contributed by atoms with Gasteiger partial charge in [-0.2, -0.15) is 0 Å². The average molecular weight is 349 g/mol. The highest BCUT2D eigenvalue weighted by Gasteiger charge is 2.36. The van der Waals surface area contributed by atoms with Crippen LogP contribution in [0, 0.1) is 11.8 Å². The molecule has 0 spiro atoms. The van der Waals surface area contributed by atoms with Gasteiger partial charge in [-0.15, -0.1) is 22.7 Å². The monoisotopic (exact) mass is 348 g/mol. The van der Waals surface area contributed by atoms with Crippen LogP contribution in [0.3, 0.4) is 0 Å². The molecule has 1 nitrogen and oxygen atoms in total. The molecule has 0 fully saturated rings.